The number of methoxy groups -OCH3 is 1. The Bertz CT molecular complexity index is 372. The molecule has 0 saturated carbocycles. The molecule has 15 heavy (non-hydrogen) atoms. The van der Waals surface area contributed by atoms with Crippen LogP contribution in [0.4, 0.5) is 5.69 Å². The maximum Gasteiger partial charge on any atom is 0.337 e. The van der Waals surface area contributed by atoms with Crippen molar-refractivity contribution < 1.29 is 9.53 Å². The maximum absolute atomic E-state index is 11.2. The van der Waals surface area contributed by atoms with Gasteiger partial charge in [-0.05, 0) is 30.7 Å². The molecule has 0 atom stereocenters. The number of nitrogens with one attached hydrogen (secondary N) is 1. The minimum atomic E-state index is -0.312. The van der Waals surface area contributed by atoms with E-state index in [1.54, 1.807) is 18.2 Å². The molecule has 0 aliphatic heterocycles. The molecule has 0 radical (unpaired) electrons. The second-order valence-electron chi connectivity index (χ2n) is 3.19. The van der Waals surface area contributed by atoms with E-state index >= 15 is 0 Å². The number of carbonyl (C=O) groups is 1. The summed E-state index contributed by atoms with van der Waals surface area (Å²) < 4.78 is 4.64. The van der Waals surface area contributed by atoms with Crippen LogP contribution in [-0.4, -0.2) is 19.6 Å². The predicted molar refractivity (Wildman–Crippen MR) is 61.2 cm³/mol. The molecule has 0 aromatic heterocycles. The summed E-state index contributed by atoms with van der Waals surface area (Å²) in [6.07, 6.45) is 1.79. The van der Waals surface area contributed by atoms with E-state index in [1.165, 1.54) is 7.11 Å². The molecular weight excluding hydrogens is 190 g/mol. The summed E-state index contributed by atoms with van der Waals surface area (Å²) in [6.45, 7) is 6.28. The molecule has 1 N–H and O–H groups in total. The van der Waals surface area contributed by atoms with Gasteiger partial charge in [-0.2, -0.15) is 0 Å². The second-order valence-corrected chi connectivity index (χ2v) is 3.19. The van der Waals surface area contributed by atoms with Crippen LogP contribution in [0.25, 0.3) is 0 Å². The van der Waals surface area contributed by atoms with Gasteiger partial charge in [0.1, 0.15) is 0 Å². The number of rotatable bonds is 4. The van der Waals surface area contributed by atoms with Crippen LogP contribution in [0.5, 0.6) is 0 Å². The van der Waals surface area contributed by atoms with Crippen molar-refractivity contribution in [2.75, 3.05) is 19.0 Å². The van der Waals surface area contributed by atoms with Gasteiger partial charge in [0.15, 0.2) is 0 Å². The van der Waals surface area contributed by atoms with Crippen molar-refractivity contribution in [1.82, 2.24) is 0 Å². The van der Waals surface area contributed by atoms with Crippen molar-refractivity contribution in [3.05, 3.63) is 42.0 Å². The van der Waals surface area contributed by atoms with Gasteiger partial charge in [0.25, 0.3) is 0 Å². The molecular formula is C12H15NO2. The largest absolute Gasteiger partial charge is 0.465 e. The first kappa shape index (κ1) is 11.3. The molecule has 3 heteroatoms. The fraction of sp³-hybridized carbons (Fsp3) is 0.250. The molecule has 0 spiro atoms. The smallest absolute Gasteiger partial charge is 0.337 e. The SMILES string of the molecule is C=CCNc1ccc(C(=O)OC)cc1C. The average Bonchev–Trinajstić information content (AvgIpc) is 2.26. The molecule has 1 rings (SSSR count). The number of esters is 1. The van der Waals surface area contributed by atoms with E-state index in [-0.39, 0.29) is 5.97 Å². The quantitative estimate of drug-likeness (QED) is 0.606. The van der Waals surface area contributed by atoms with Crippen LogP contribution in [0.3, 0.4) is 0 Å². The van der Waals surface area contributed by atoms with Crippen molar-refractivity contribution in [1.29, 1.82) is 0 Å². The Morgan fingerprint density at radius 1 is 1.60 bits per heavy atom. The Morgan fingerprint density at radius 2 is 2.33 bits per heavy atom. The van der Waals surface area contributed by atoms with E-state index < -0.39 is 0 Å². The van der Waals surface area contributed by atoms with Gasteiger partial charge in [0.2, 0.25) is 0 Å². The third-order valence-corrected chi connectivity index (χ3v) is 2.08. The first-order valence-electron chi connectivity index (χ1n) is 4.72. The molecule has 1 aromatic rings. The molecule has 0 aliphatic carbocycles. The van der Waals surface area contributed by atoms with Crippen molar-refractivity contribution >= 4 is 11.7 Å². The molecule has 0 heterocycles. The van der Waals surface area contributed by atoms with Gasteiger partial charge in [0, 0.05) is 12.2 Å². The van der Waals surface area contributed by atoms with Gasteiger partial charge >= 0.3 is 5.97 Å². The molecule has 0 bridgehead atoms. The van der Waals surface area contributed by atoms with Crippen LogP contribution >= 0.6 is 0 Å². The fourth-order valence-electron chi connectivity index (χ4n) is 1.29. The molecule has 0 aliphatic rings. The summed E-state index contributed by atoms with van der Waals surface area (Å²) in [4.78, 5) is 11.2. The molecule has 0 saturated heterocycles. The first-order chi connectivity index (χ1) is 7.19. The number of ether oxygens (including phenoxy) is 1. The molecule has 0 fully saturated rings. The van der Waals surface area contributed by atoms with Crippen LogP contribution < -0.4 is 5.32 Å². The lowest BCUT2D eigenvalue weighted by Gasteiger charge is -2.08. The van der Waals surface area contributed by atoms with Crippen LogP contribution in [0.2, 0.25) is 0 Å². The highest BCUT2D eigenvalue weighted by molar-refractivity contribution is 5.90. The molecule has 1 aromatic carbocycles. The standard InChI is InChI=1S/C12H15NO2/c1-4-7-13-11-6-5-10(8-9(11)2)12(14)15-3/h4-6,8,13H,1,7H2,2-3H3. The third kappa shape index (κ3) is 2.84. The van der Waals surface area contributed by atoms with E-state index in [0.29, 0.717) is 12.1 Å². The lowest BCUT2D eigenvalue weighted by molar-refractivity contribution is 0.0600. The van der Waals surface area contributed by atoms with Crippen LogP contribution in [-0.2, 0) is 4.74 Å². The lowest BCUT2D eigenvalue weighted by Crippen LogP contribution is -2.04. The normalized spacial score (nSPS) is 9.47. The Kier molecular flexibility index (Phi) is 3.92. The Morgan fingerprint density at radius 3 is 2.87 bits per heavy atom. The van der Waals surface area contributed by atoms with Crippen LogP contribution in [0, 0.1) is 6.92 Å². The molecule has 80 valence electrons. The van der Waals surface area contributed by atoms with Gasteiger partial charge in [-0.25, -0.2) is 4.79 Å². The Labute approximate surface area is 89.8 Å². The van der Waals surface area contributed by atoms with Crippen molar-refractivity contribution in [2.24, 2.45) is 0 Å². The summed E-state index contributed by atoms with van der Waals surface area (Å²) >= 11 is 0. The number of hydrogen-bond acceptors (Lipinski definition) is 3. The van der Waals surface area contributed by atoms with E-state index in [1.807, 2.05) is 13.0 Å². The summed E-state index contributed by atoms with van der Waals surface area (Å²) in [6, 6.07) is 5.41. The number of aryl methyl sites for hydroxylation is 1. The molecule has 0 unspecified atom stereocenters. The minimum Gasteiger partial charge on any atom is -0.465 e. The number of anilines is 1. The van der Waals surface area contributed by atoms with Gasteiger partial charge in [-0.1, -0.05) is 6.08 Å². The third-order valence-electron chi connectivity index (χ3n) is 2.08. The topological polar surface area (TPSA) is 38.3 Å². The number of benzene rings is 1. The monoisotopic (exact) mass is 205 g/mol. The molecule has 3 nitrogen and oxygen atoms in total. The van der Waals surface area contributed by atoms with Crippen molar-refractivity contribution in [3.63, 3.8) is 0 Å². The maximum atomic E-state index is 11.2. The van der Waals surface area contributed by atoms with Gasteiger partial charge in [0.05, 0.1) is 12.7 Å². The van der Waals surface area contributed by atoms with E-state index in [0.717, 1.165) is 11.3 Å². The molecule has 0 amide bonds. The predicted octanol–water partition coefficient (Wildman–Crippen LogP) is 2.38. The summed E-state index contributed by atoms with van der Waals surface area (Å²) in [5, 5.41) is 3.18. The summed E-state index contributed by atoms with van der Waals surface area (Å²) in [7, 11) is 1.38. The summed E-state index contributed by atoms with van der Waals surface area (Å²) in [5.41, 5.74) is 2.58. The van der Waals surface area contributed by atoms with E-state index in [4.69, 9.17) is 0 Å². The van der Waals surface area contributed by atoms with Gasteiger partial charge in [-0.15, -0.1) is 6.58 Å². The summed E-state index contributed by atoms with van der Waals surface area (Å²) in [5.74, 6) is -0.312. The highest BCUT2D eigenvalue weighted by Gasteiger charge is 2.06. The number of hydrogen-bond donors (Lipinski definition) is 1. The average molecular weight is 205 g/mol. The number of carbonyl (C=O) groups excluding carboxylic acids is 1. The highest BCUT2D eigenvalue weighted by atomic mass is 16.5. The zero-order valence-corrected chi connectivity index (χ0v) is 9.04. The van der Waals surface area contributed by atoms with Gasteiger partial charge < -0.3 is 10.1 Å². The van der Waals surface area contributed by atoms with Crippen molar-refractivity contribution in [2.45, 2.75) is 6.92 Å². The second kappa shape index (κ2) is 5.20. The Hall–Kier alpha value is -1.77. The van der Waals surface area contributed by atoms with E-state index in [2.05, 4.69) is 16.6 Å². The first-order valence-corrected chi connectivity index (χ1v) is 4.72. The lowest BCUT2D eigenvalue weighted by atomic mass is 10.1. The van der Waals surface area contributed by atoms with Crippen LogP contribution in [0.1, 0.15) is 15.9 Å². The zero-order chi connectivity index (χ0) is 11.3. The Balaban J connectivity index is 2.87. The highest BCUT2D eigenvalue weighted by Crippen LogP contribution is 2.16. The van der Waals surface area contributed by atoms with Crippen molar-refractivity contribution in [3.8, 4) is 0 Å². The fourth-order valence-corrected chi connectivity index (χ4v) is 1.29. The van der Waals surface area contributed by atoms with Gasteiger partial charge in [-0.3, -0.25) is 0 Å². The minimum absolute atomic E-state index is 0.312. The zero-order valence-electron chi connectivity index (χ0n) is 9.04. The van der Waals surface area contributed by atoms with E-state index in [9.17, 15) is 4.79 Å². The van der Waals surface area contributed by atoms with Crippen LogP contribution in [0.15, 0.2) is 30.9 Å².